The fraction of sp³-hybridized carbons (Fsp3) is 0.600. The summed E-state index contributed by atoms with van der Waals surface area (Å²) in [5, 5.41) is 0. The van der Waals surface area contributed by atoms with Crippen molar-refractivity contribution in [1.82, 2.24) is 4.72 Å². The van der Waals surface area contributed by atoms with E-state index < -0.39 is 15.6 Å². The van der Waals surface area contributed by atoms with Crippen LogP contribution in [-0.4, -0.2) is 27.7 Å². The smallest absolute Gasteiger partial charge is 0.242 e. The molecule has 0 spiro atoms. The summed E-state index contributed by atoms with van der Waals surface area (Å²) < 4.78 is 32.8. The van der Waals surface area contributed by atoms with Crippen molar-refractivity contribution in [3.63, 3.8) is 0 Å². The number of rotatable bonds is 5. The monoisotopic (exact) mass is 341 g/mol. The lowest BCUT2D eigenvalue weighted by atomic mass is 10.1. The van der Waals surface area contributed by atoms with Gasteiger partial charge < -0.3 is 4.74 Å². The molecule has 1 aromatic rings. The van der Waals surface area contributed by atoms with Gasteiger partial charge in [-0.3, -0.25) is 0 Å². The van der Waals surface area contributed by atoms with Crippen molar-refractivity contribution >= 4 is 37.3 Å². The maximum absolute atomic E-state index is 12.2. The first kappa shape index (κ1) is 15.1. The highest BCUT2D eigenvalue weighted by Crippen LogP contribution is 2.30. The van der Waals surface area contributed by atoms with Crippen LogP contribution in [0.4, 0.5) is 0 Å². The predicted octanol–water partition coefficient (Wildman–Crippen LogP) is 2.52. The zero-order chi connectivity index (χ0) is 13.3. The minimum absolute atomic E-state index is 0.316. The largest absolute Gasteiger partial charge is 0.383 e. The Morgan fingerprint density at radius 3 is 2.53 bits per heavy atom. The first-order valence-corrected chi connectivity index (χ1v) is 8.06. The van der Waals surface area contributed by atoms with Crippen LogP contribution >= 0.6 is 27.3 Å². The number of nitrogens with one attached hydrogen (secondary N) is 1. The SMILES string of the molecule is COCC(C)(C)NS(=O)(=O)c1cc(Br)sc1C. The average Bonchev–Trinajstić information content (AvgIpc) is 2.43. The van der Waals surface area contributed by atoms with Crippen LogP contribution in [0.25, 0.3) is 0 Å². The second-order valence-electron chi connectivity index (χ2n) is 4.39. The topological polar surface area (TPSA) is 55.4 Å². The summed E-state index contributed by atoms with van der Waals surface area (Å²) in [6.45, 7) is 5.67. The van der Waals surface area contributed by atoms with Crippen molar-refractivity contribution in [2.24, 2.45) is 0 Å². The second-order valence-corrected chi connectivity index (χ2v) is 8.68. The van der Waals surface area contributed by atoms with Crippen LogP contribution in [0.15, 0.2) is 14.7 Å². The lowest BCUT2D eigenvalue weighted by molar-refractivity contribution is 0.141. The van der Waals surface area contributed by atoms with E-state index in [9.17, 15) is 8.42 Å². The molecule has 0 fully saturated rings. The number of sulfonamides is 1. The predicted molar refractivity (Wildman–Crippen MR) is 73.0 cm³/mol. The summed E-state index contributed by atoms with van der Waals surface area (Å²) in [6, 6.07) is 1.62. The van der Waals surface area contributed by atoms with Crippen LogP contribution in [0.5, 0.6) is 0 Å². The van der Waals surface area contributed by atoms with Crippen molar-refractivity contribution in [3.05, 3.63) is 14.7 Å². The van der Waals surface area contributed by atoms with Gasteiger partial charge in [0.1, 0.15) is 0 Å². The van der Waals surface area contributed by atoms with E-state index in [1.54, 1.807) is 33.9 Å². The van der Waals surface area contributed by atoms with Crippen LogP contribution in [0, 0.1) is 6.92 Å². The van der Waals surface area contributed by atoms with E-state index in [1.165, 1.54) is 11.3 Å². The van der Waals surface area contributed by atoms with Crippen molar-refractivity contribution in [2.45, 2.75) is 31.2 Å². The lowest BCUT2D eigenvalue weighted by Gasteiger charge is -2.24. The molecular formula is C10H16BrNO3S2. The lowest BCUT2D eigenvalue weighted by Crippen LogP contribution is -2.46. The molecule has 1 heterocycles. The molecule has 0 bridgehead atoms. The second kappa shape index (κ2) is 5.36. The summed E-state index contributed by atoms with van der Waals surface area (Å²) in [7, 11) is -1.96. The molecule has 1 aromatic heterocycles. The van der Waals surface area contributed by atoms with Gasteiger partial charge in [0.05, 0.1) is 20.8 Å². The molecule has 0 saturated carbocycles. The van der Waals surface area contributed by atoms with Crippen molar-refractivity contribution in [1.29, 1.82) is 0 Å². The highest BCUT2D eigenvalue weighted by molar-refractivity contribution is 9.11. The Morgan fingerprint density at radius 1 is 1.53 bits per heavy atom. The number of ether oxygens (including phenoxy) is 1. The molecular weight excluding hydrogens is 326 g/mol. The van der Waals surface area contributed by atoms with Crippen molar-refractivity contribution < 1.29 is 13.2 Å². The number of thiophene rings is 1. The van der Waals surface area contributed by atoms with Gasteiger partial charge in [0.15, 0.2) is 0 Å². The molecule has 4 nitrogen and oxygen atoms in total. The highest BCUT2D eigenvalue weighted by Gasteiger charge is 2.28. The minimum atomic E-state index is -3.50. The van der Waals surface area contributed by atoms with Gasteiger partial charge >= 0.3 is 0 Å². The Hall–Kier alpha value is 0.0500. The first-order valence-electron chi connectivity index (χ1n) is 4.97. The number of aryl methyl sites for hydroxylation is 1. The van der Waals surface area contributed by atoms with Gasteiger partial charge in [0.2, 0.25) is 10.0 Å². The number of methoxy groups -OCH3 is 1. The molecule has 0 aliphatic carbocycles. The molecule has 0 atom stereocenters. The Morgan fingerprint density at radius 2 is 2.12 bits per heavy atom. The number of hydrogen-bond donors (Lipinski definition) is 1. The number of halogens is 1. The van der Waals surface area contributed by atoms with Gasteiger partial charge in [-0.05, 0) is 42.8 Å². The summed E-state index contributed by atoms with van der Waals surface area (Å²) in [6.07, 6.45) is 0. The molecule has 0 aliphatic rings. The van der Waals surface area contributed by atoms with Crippen LogP contribution in [0.2, 0.25) is 0 Å². The summed E-state index contributed by atoms with van der Waals surface area (Å²) in [5.74, 6) is 0. The van der Waals surface area contributed by atoms with Crippen LogP contribution < -0.4 is 4.72 Å². The molecule has 7 heteroatoms. The van der Waals surface area contributed by atoms with Gasteiger partial charge in [0.25, 0.3) is 0 Å². The van der Waals surface area contributed by atoms with Crippen molar-refractivity contribution in [3.8, 4) is 0 Å². The summed E-state index contributed by atoms with van der Waals surface area (Å²) in [4.78, 5) is 1.08. The Balaban J connectivity index is 3.01. The van der Waals surface area contributed by atoms with Gasteiger partial charge in [-0.2, -0.15) is 0 Å². The molecule has 1 N–H and O–H groups in total. The maximum Gasteiger partial charge on any atom is 0.242 e. The molecule has 0 amide bonds. The zero-order valence-corrected chi connectivity index (χ0v) is 13.4. The summed E-state index contributed by atoms with van der Waals surface area (Å²) >= 11 is 4.69. The van der Waals surface area contributed by atoms with Crippen LogP contribution in [-0.2, 0) is 14.8 Å². The van der Waals surface area contributed by atoms with E-state index in [1.807, 2.05) is 0 Å². The Kier molecular flexibility index (Phi) is 4.76. The molecule has 0 aliphatic heterocycles. The standard InChI is InChI=1S/C10H16BrNO3S2/c1-7-8(5-9(11)16-7)17(13,14)12-10(2,3)6-15-4/h5,12H,6H2,1-4H3. The maximum atomic E-state index is 12.2. The van der Waals surface area contributed by atoms with Crippen LogP contribution in [0.3, 0.4) is 0 Å². The normalized spacial score (nSPS) is 13.0. The third-order valence-electron chi connectivity index (χ3n) is 2.05. The Labute approximate surface area is 115 Å². The fourth-order valence-corrected chi connectivity index (χ4v) is 5.32. The zero-order valence-electron chi connectivity index (χ0n) is 10.2. The molecule has 98 valence electrons. The minimum Gasteiger partial charge on any atom is -0.383 e. The van der Waals surface area contributed by atoms with Gasteiger partial charge in [-0.1, -0.05) is 0 Å². The third kappa shape index (κ3) is 4.03. The first-order chi connectivity index (χ1) is 7.68. The van der Waals surface area contributed by atoms with E-state index in [4.69, 9.17) is 4.74 Å². The van der Waals surface area contributed by atoms with Gasteiger partial charge in [0, 0.05) is 12.0 Å². The van der Waals surface area contributed by atoms with Crippen molar-refractivity contribution in [2.75, 3.05) is 13.7 Å². The third-order valence-corrected chi connectivity index (χ3v) is 5.55. The molecule has 0 radical (unpaired) electrons. The highest BCUT2D eigenvalue weighted by atomic mass is 79.9. The molecule has 0 aromatic carbocycles. The summed E-state index contributed by atoms with van der Waals surface area (Å²) in [5.41, 5.74) is -0.631. The van der Waals surface area contributed by atoms with E-state index in [2.05, 4.69) is 20.7 Å². The molecule has 0 saturated heterocycles. The van der Waals surface area contributed by atoms with Crippen LogP contribution in [0.1, 0.15) is 18.7 Å². The molecule has 17 heavy (non-hydrogen) atoms. The number of hydrogen-bond acceptors (Lipinski definition) is 4. The van der Waals surface area contributed by atoms with E-state index in [0.717, 1.165) is 8.66 Å². The van der Waals surface area contributed by atoms with Gasteiger partial charge in [-0.15, -0.1) is 11.3 Å². The molecule has 0 unspecified atom stereocenters. The quantitative estimate of drug-likeness (QED) is 0.895. The Bertz CT molecular complexity index is 494. The fourth-order valence-electron chi connectivity index (χ4n) is 1.51. The average molecular weight is 342 g/mol. The van der Waals surface area contributed by atoms with E-state index >= 15 is 0 Å². The van der Waals surface area contributed by atoms with E-state index in [0.29, 0.717) is 11.5 Å². The van der Waals surface area contributed by atoms with E-state index in [-0.39, 0.29) is 0 Å². The van der Waals surface area contributed by atoms with Gasteiger partial charge in [-0.25, -0.2) is 13.1 Å². The molecule has 1 rings (SSSR count).